The van der Waals surface area contributed by atoms with E-state index in [1.165, 1.54) is 7.11 Å². The van der Waals surface area contributed by atoms with Crippen molar-refractivity contribution in [2.45, 2.75) is 13.0 Å². The lowest BCUT2D eigenvalue weighted by Gasteiger charge is -2.28. The summed E-state index contributed by atoms with van der Waals surface area (Å²) in [6, 6.07) is 4.41. The van der Waals surface area contributed by atoms with Crippen molar-refractivity contribution in [1.82, 2.24) is 10.6 Å². The highest BCUT2D eigenvalue weighted by atomic mass is 79.9. The lowest BCUT2D eigenvalue weighted by Crippen LogP contribution is -2.45. The number of hydrogen-bond acceptors (Lipinski definition) is 4. The van der Waals surface area contributed by atoms with Gasteiger partial charge in [-0.3, -0.25) is 0 Å². The van der Waals surface area contributed by atoms with E-state index >= 15 is 0 Å². The second-order valence-corrected chi connectivity index (χ2v) is 5.31. The fraction of sp³-hybridized carbons (Fsp3) is 0.286. The third kappa shape index (κ3) is 3.02. The molecular formula is C14H15BrN2O4. The second-order valence-electron chi connectivity index (χ2n) is 4.46. The van der Waals surface area contributed by atoms with Crippen LogP contribution < -0.4 is 15.4 Å². The van der Waals surface area contributed by atoms with E-state index in [4.69, 9.17) is 9.47 Å². The third-order valence-corrected chi connectivity index (χ3v) is 3.80. The topological polar surface area (TPSA) is 76.7 Å². The number of urea groups is 1. The first-order valence-electron chi connectivity index (χ1n) is 6.18. The molecule has 0 unspecified atom stereocenters. The summed E-state index contributed by atoms with van der Waals surface area (Å²) in [7, 11) is 2.87. The monoisotopic (exact) mass is 354 g/mol. The molecule has 112 valence electrons. The van der Waals surface area contributed by atoms with Gasteiger partial charge in [0.05, 0.1) is 30.3 Å². The number of amides is 2. The summed E-state index contributed by atoms with van der Waals surface area (Å²) in [5.41, 5.74) is 1.59. The molecule has 1 aliphatic heterocycles. The number of carbonyl (C=O) groups excluding carboxylic acids is 2. The van der Waals surface area contributed by atoms with Crippen LogP contribution in [0.5, 0.6) is 5.75 Å². The van der Waals surface area contributed by atoms with Gasteiger partial charge >= 0.3 is 12.0 Å². The number of allylic oxidation sites excluding steroid dienone is 1. The average molecular weight is 355 g/mol. The SMILES string of the molecule is COC(=O)C1=C(C)NC(=O)N[C@@H]1c1ccc(OC)c(Br)c1. The lowest BCUT2D eigenvalue weighted by atomic mass is 9.95. The molecule has 0 spiro atoms. The maximum atomic E-state index is 12.0. The van der Waals surface area contributed by atoms with Crippen molar-refractivity contribution in [2.24, 2.45) is 0 Å². The van der Waals surface area contributed by atoms with E-state index in [1.54, 1.807) is 32.2 Å². The predicted molar refractivity (Wildman–Crippen MR) is 79.8 cm³/mol. The van der Waals surface area contributed by atoms with Crippen molar-refractivity contribution in [3.63, 3.8) is 0 Å². The minimum absolute atomic E-state index is 0.364. The summed E-state index contributed by atoms with van der Waals surface area (Å²) >= 11 is 3.39. The summed E-state index contributed by atoms with van der Waals surface area (Å²) < 4.78 is 10.7. The van der Waals surface area contributed by atoms with Crippen LogP contribution in [0.2, 0.25) is 0 Å². The van der Waals surface area contributed by atoms with Gasteiger partial charge in [-0.15, -0.1) is 0 Å². The minimum atomic E-state index is -0.576. The lowest BCUT2D eigenvalue weighted by molar-refractivity contribution is -0.136. The van der Waals surface area contributed by atoms with Gasteiger partial charge in [-0.2, -0.15) is 0 Å². The first kappa shape index (κ1) is 15.4. The van der Waals surface area contributed by atoms with E-state index < -0.39 is 12.0 Å². The molecule has 0 aromatic heterocycles. The predicted octanol–water partition coefficient (Wildman–Crippen LogP) is 2.26. The van der Waals surface area contributed by atoms with Gasteiger partial charge in [0.1, 0.15) is 5.75 Å². The van der Waals surface area contributed by atoms with Gasteiger partial charge in [-0.25, -0.2) is 9.59 Å². The average Bonchev–Trinajstić information content (AvgIpc) is 2.45. The maximum Gasteiger partial charge on any atom is 0.337 e. The number of carbonyl (C=O) groups is 2. The van der Waals surface area contributed by atoms with Crippen LogP contribution >= 0.6 is 15.9 Å². The summed E-state index contributed by atoms with van der Waals surface area (Å²) in [4.78, 5) is 23.6. The van der Waals surface area contributed by atoms with Crippen LogP contribution in [0, 0.1) is 0 Å². The molecule has 0 saturated carbocycles. The Kier molecular flexibility index (Phi) is 4.52. The second kappa shape index (κ2) is 6.17. The summed E-state index contributed by atoms with van der Waals surface area (Å²) in [5, 5.41) is 5.30. The van der Waals surface area contributed by atoms with E-state index in [-0.39, 0.29) is 6.03 Å². The van der Waals surface area contributed by atoms with E-state index in [0.29, 0.717) is 17.0 Å². The van der Waals surface area contributed by atoms with E-state index in [0.717, 1.165) is 10.0 Å². The Labute approximate surface area is 130 Å². The number of nitrogens with one attached hydrogen (secondary N) is 2. The molecule has 1 aromatic carbocycles. The summed E-state index contributed by atoms with van der Waals surface area (Å²) in [6.07, 6.45) is 0. The van der Waals surface area contributed by atoms with Crippen molar-refractivity contribution in [3.8, 4) is 5.75 Å². The van der Waals surface area contributed by atoms with Crippen molar-refractivity contribution < 1.29 is 19.1 Å². The van der Waals surface area contributed by atoms with Crippen LogP contribution in [-0.2, 0) is 9.53 Å². The zero-order valence-electron chi connectivity index (χ0n) is 11.8. The van der Waals surface area contributed by atoms with Crippen LogP contribution in [0.15, 0.2) is 33.9 Å². The maximum absolute atomic E-state index is 12.0. The zero-order chi connectivity index (χ0) is 15.6. The van der Waals surface area contributed by atoms with Crippen molar-refractivity contribution in [2.75, 3.05) is 14.2 Å². The molecule has 1 aromatic rings. The third-order valence-electron chi connectivity index (χ3n) is 3.18. The number of ether oxygens (including phenoxy) is 2. The molecule has 1 aliphatic rings. The quantitative estimate of drug-likeness (QED) is 0.816. The highest BCUT2D eigenvalue weighted by molar-refractivity contribution is 9.10. The Balaban J connectivity index is 2.48. The molecule has 0 aliphatic carbocycles. The molecule has 7 heteroatoms. The molecule has 2 N–H and O–H groups in total. The molecule has 0 saturated heterocycles. The molecule has 1 heterocycles. The number of rotatable bonds is 3. The Bertz CT molecular complexity index is 627. The van der Waals surface area contributed by atoms with Crippen molar-refractivity contribution in [3.05, 3.63) is 39.5 Å². The van der Waals surface area contributed by atoms with E-state index in [9.17, 15) is 9.59 Å². The van der Waals surface area contributed by atoms with Gasteiger partial charge in [-0.1, -0.05) is 6.07 Å². The Morgan fingerprint density at radius 2 is 2.05 bits per heavy atom. The first-order chi connectivity index (χ1) is 9.97. The van der Waals surface area contributed by atoms with E-state index in [2.05, 4.69) is 26.6 Å². The van der Waals surface area contributed by atoms with E-state index in [1.807, 2.05) is 0 Å². The van der Waals surface area contributed by atoms with Gasteiger partial charge in [0.15, 0.2) is 0 Å². The molecule has 2 amide bonds. The van der Waals surface area contributed by atoms with Crippen LogP contribution in [0.1, 0.15) is 18.5 Å². The Morgan fingerprint density at radius 3 is 2.62 bits per heavy atom. The van der Waals surface area contributed by atoms with Crippen LogP contribution in [0.4, 0.5) is 4.79 Å². The Morgan fingerprint density at radius 1 is 1.33 bits per heavy atom. The minimum Gasteiger partial charge on any atom is -0.496 e. The zero-order valence-corrected chi connectivity index (χ0v) is 13.4. The highest BCUT2D eigenvalue weighted by Gasteiger charge is 2.32. The van der Waals surface area contributed by atoms with Gasteiger partial charge in [0, 0.05) is 5.70 Å². The summed E-state index contributed by atoms with van der Waals surface area (Å²) in [6.45, 7) is 1.66. The molecule has 0 bridgehead atoms. The van der Waals surface area contributed by atoms with Gasteiger partial charge in [-0.05, 0) is 40.5 Å². The van der Waals surface area contributed by atoms with Gasteiger partial charge < -0.3 is 20.1 Å². The molecule has 21 heavy (non-hydrogen) atoms. The molecule has 0 radical (unpaired) electrons. The van der Waals surface area contributed by atoms with Crippen molar-refractivity contribution in [1.29, 1.82) is 0 Å². The van der Waals surface area contributed by atoms with Crippen LogP contribution in [0.3, 0.4) is 0 Å². The standard InChI is InChI=1S/C14H15BrN2O4/c1-7-11(13(18)21-3)12(17-14(19)16-7)8-4-5-10(20-2)9(15)6-8/h4-6,12H,1-3H3,(H2,16,17,19)/t12-/m1/s1. The molecule has 2 rings (SSSR count). The fourth-order valence-electron chi connectivity index (χ4n) is 2.19. The number of esters is 1. The normalized spacial score (nSPS) is 17.9. The number of halogens is 1. The summed E-state index contributed by atoms with van der Waals surface area (Å²) in [5.74, 6) is 0.177. The Hall–Kier alpha value is -2.02. The highest BCUT2D eigenvalue weighted by Crippen LogP contribution is 2.32. The number of benzene rings is 1. The number of methoxy groups -OCH3 is 2. The molecule has 6 nitrogen and oxygen atoms in total. The molecular weight excluding hydrogens is 340 g/mol. The van der Waals surface area contributed by atoms with Gasteiger partial charge in [0.25, 0.3) is 0 Å². The first-order valence-corrected chi connectivity index (χ1v) is 6.97. The number of hydrogen-bond donors (Lipinski definition) is 2. The smallest absolute Gasteiger partial charge is 0.337 e. The van der Waals surface area contributed by atoms with Crippen LogP contribution in [-0.4, -0.2) is 26.2 Å². The fourth-order valence-corrected chi connectivity index (χ4v) is 2.74. The molecule has 1 atom stereocenters. The molecule has 0 fully saturated rings. The largest absolute Gasteiger partial charge is 0.496 e. The van der Waals surface area contributed by atoms with Crippen molar-refractivity contribution >= 4 is 27.9 Å². The van der Waals surface area contributed by atoms with Gasteiger partial charge in [0.2, 0.25) is 0 Å². The van der Waals surface area contributed by atoms with Crippen LogP contribution in [0.25, 0.3) is 0 Å².